The predicted octanol–water partition coefficient (Wildman–Crippen LogP) is 2.31. The molecule has 1 aliphatic heterocycles. The molecule has 0 unspecified atom stereocenters. The number of carbonyl (C=O) groups excluding carboxylic acids is 2. The Kier molecular flexibility index (Phi) is 7.89. The first-order chi connectivity index (χ1) is 14.4. The van der Waals surface area contributed by atoms with Crippen molar-refractivity contribution >= 4 is 11.8 Å². The van der Waals surface area contributed by atoms with Crippen LogP contribution in [0.2, 0.25) is 0 Å². The number of nitrogens with one attached hydrogen (secondary N) is 1. The zero-order valence-corrected chi connectivity index (χ0v) is 18.5. The molecule has 2 amide bonds. The van der Waals surface area contributed by atoms with Gasteiger partial charge in [0.1, 0.15) is 0 Å². The Balaban J connectivity index is 1.71. The van der Waals surface area contributed by atoms with E-state index in [0.717, 1.165) is 45.2 Å². The van der Waals surface area contributed by atoms with E-state index in [4.69, 9.17) is 0 Å². The van der Waals surface area contributed by atoms with Gasteiger partial charge < -0.3 is 15.3 Å². The molecule has 1 aromatic carbocycles. The van der Waals surface area contributed by atoms with Crippen LogP contribution < -0.4 is 5.32 Å². The number of rotatable bonds is 6. The van der Waals surface area contributed by atoms with E-state index >= 15 is 0 Å². The minimum atomic E-state index is -0.553. The van der Waals surface area contributed by atoms with E-state index in [1.165, 1.54) is 12.0 Å². The number of amides is 2. The Hall–Kier alpha value is -1.92. The molecule has 2 aliphatic rings. The number of hydrogen-bond donors (Lipinski definition) is 2. The molecule has 6 nitrogen and oxygen atoms in total. The van der Waals surface area contributed by atoms with Crippen molar-refractivity contribution < 1.29 is 14.7 Å². The lowest BCUT2D eigenvalue weighted by atomic mass is 9.74. The SMILES string of the molecule is CC(=O)NC[C@]1(c2ccccc2)CC[C@H](O)[C@@H](N(C)C(=O)CN2CCCCC2)CC1. The normalized spacial score (nSPS) is 27.8. The summed E-state index contributed by atoms with van der Waals surface area (Å²) in [5, 5.41) is 13.9. The largest absolute Gasteiger partial charge is 0.391 e. The molecule has 0 bridgehead atoms. The van der Waals surface area contributed by atoms with Gasteiger partial charge in [-0.05, 0) is 57.2 Å². The predicted molar refractivity (Wildman–Crippen MR) is 118 cm³/mol. The number of likely N-dealkylation sites (tertiary alicyclic amines) is 1. The Morgan fingerprint density at radius 3 is 2.47 bits per heavy atom. The first-order valence-electron chi connectivity index (χ1n) is 11.4. The summed E-state index contributed by atoms with van der Waals surface area (Å²) < 4.78 is 0. The molecule has 2 N–H and O–H groups in total. The highest BCUT2D eigenvalue weighted by molar-refractivity contribution is 5.78. The molecule has 0 spiro atoms. The van der Waals surface area contributed by atoms with Crippen molar-refractivity contribution in [1.29, 1.82) is 0 Å². The van der Waals surface area contributed by atoms with Crippen molar-refractivity contribution in [1.82, 2.24) is 15.1 Å². The summed E-state index contributed by atoms with van der Waals surface area (Å²) in [4.78, 5) is 28.6. The van der Waals surface area contributed by atoms with E-state index in [-0.39, 0.29) is 23.3 Å². The summed E-state index contributed by atoms with van der Waals surface area (Å²) in [5.74, 6) is 0.0514. The van der Waals surface area contributed by atoms with E-state index in [1.54, 1.807) is 11.8 Å². The number of likely N-dealkylation sites (N-methyl/N-ethyl adjacent to an activating group) is 1. The van der Waals surface area contributed by atoms with Crippen molar-refractivity contribution in [2.45, 2.75) is 69.4 Å². The molecule has 2 fully saturated rings. The highest BCUT2D eigenvalue weighted by Gasteiger charge is 2.40. The van der Waals surface area contributed by atoms with Gasteiger partial charge in [-0.2, -0.15) is 0 Å². The lowest BCUT2D eigenvalue weighted by Crippen LogP contribution is -2.48. The summed E-state index contributed by atoms with van der Waals surface area (Å²) >= 11 is 0. The molecule has 30 heavy (non-hydrogen) atoms. The maximum atomic E-state index is 12.9. The highest BCUT2D eigenvalue weighted by atomic mass is 16.3. The second-order valence-corrected chi connectivity index (χ2v) is 9.11. The van der Waals surface area contributed by atoms with Crippen LogP contribution in [-0.4, -0.2) is 72.1 Å². The lowest BCUT2D eigenvalue weighted by Gasteiger charge is -2.35. The first kappa shape index (κ1) is 22.8. The smallest absolute Gasteiger partial charge is 0.236 e. The fraction of sp³-hybridized carbons (Fsp3) is 0.667. The molecule has 0 aromatic heterocycles. The van der Waals surface area contributed by atoms with Crippen LogP contribution in [0.4, 0.5) is 0 Å². The Morgan fingerprint density at radius 2 is 1.80 bits per heavy atom. The second-order valence-electron chi connectivity index (χ2n) is 9.11. The van der Waals surface area contributed by atoms with E-state index in [2.05, 4.69) is 22.3 Å². The quantitative estimate of drug-likeness (QED) is 0.700. The van der Waals surface area contributed by atoms with Gasteiger partial charge in [-0.1, -0.05) is 36.8 Å². The summed E-state index contributed by atoms with van der Waals surface area (Å²) in [6, 6.07) is 10.1. The maximum absolute atomic E-state index is 12.9. The summed E-state index contributed by atoms with van der Waals surface area (Å²) in [7, 11) is 1.84. The summed E-state index contributed by atoms with van der Waals surface area (Å²) in [6.45, 7) is 4.51. The number of hydrogen-bond acceptors (Lipinski definition) is 4. The van der Waals surface area contributed by atoms with Crippen LogP contribution in [0, 0.1) is 0 Å². The van der Waals surface area contributed by atoms with Gasteiger partial charge in [-0.3, -0.25) is 14.5 Å². The van der Waals surface area contributed by atoms with Crippen molar-refractivity contribution in [2.75, 3.05) is 33.2 Å². The molecular weight excluding hydrogens is 378 g/mol. The number of piperidine rings is 1. The van der Waals surface area contributed by atoms with E-state index in [9.17, 15) is 14.7 Å². The number of carbonyl (C=O) groups is 2. The fourth-order valence-electron chi connectivity index (χ4n) is 5.07. The van der Waals surface area contributed by atoms with Crippen LogP contribution in [0.5, 0.6) is 0 Å². The average molecular weight is 416 g/mol. The summed E-state index contributed by atoms with van der Waals surface area (Å²) in [6.07, 6.45) is 5.94. The molecule has 3 atom stereocenters. The first-order valence-corrected chi connectivity index (χ1v) is 11.4. The van der Waals surface area contributed by atoms with Gasteiger partial charge in [0.2, 0.25) is 11.8 Å². The Bertz CT molecular complexity index is 705. The maximum Gasteiger partial charge on any atom is 0.236 e. The van der Waals surface area contributed by atoms with Gasteiger partial charge in [0.25, 0.3) is 0 Å². The van der Waals surface area contributed by atoms with Crippen molar-refractivity contribution in [3.8, 4) is 0 Å². The van der Waals surface area contributed by atoms with E-state index in [1.807, 2.05) is 25.2 Å². The number of aliphatic hydroxyl groups excluding tert-OH is 1. The highest BCUT2D eigenvalue weighted by Crippen LogP contribution is 2.39. The van der Waals surface area contributed by atoms with Crippen LogP contribution in [0.15, 0.2) is 30.3 Å². The number of benzene rings is 1. The van der Waals surface area contributed by atoms with Gasteiger partial charge in [0.15, 0.2) is 0 Å². The molecular formula is C24H37N3O3. The van der Waals surface area contributed by atoms with E-state index < -0.39 is 6.10 Å². The molecule has 3 rings (SSSR count). The third-order valence-corrected chi connectivity index (χ3v) is 7.04. The molecule has 1 heterocycles. The lowest BCUT2D eigenvalue weighted by molar-refractivity contribution is -0.136. The van der Waals surface area contributed by atoms with Crippen LogP contribution >= 0.6 is 0 Å². The molecule has 166 valence electrons. The topological polar surface area (TPSA) is 72.9 Å². The second kappa shape index (κ2) is 10.4. The summed E-state index contributed by atoms with van der Waals surface area (Å²) in [5.41, 5.74) is 0.966. The van der Waals surface area contributed by atoms with Gasteiger partial charge >= 0.3 is 0 Å². The number of nitrogens with zero attached hydrogens (tertiary/aromatic N) is 2. The van der Waals surface area contributed by atoms with Crippen molar-refractivity contribution in [3.05, 3.63) is 35.9 Å². The molecule has 1 aromatic rings. The minimum absolute atomic E-state index is 0.0412. The third kappa shape index (κ3) is 5.61. The number of aliphatic hydroxyl groups is 1. The zero-order chi connectivity index (χ0) is 21.6. The standard InChI is InChI=1S/C24H37N3O3/c1-19(28)25-18-24(20-9-5-3-6-10-20)13-11-21(22(29)12-14-24)26(2)23(30)17-27-15-7-4-8-16-27/h3,5-6,9-10,21-22,29H,4,7-8,11-18H2,1-2H3,(H,25,28)/t21-,22-,24+/m0/s1. The molecule has 1 saturated carbocycles. The Labute approximate surface area is 180 Å². The van der Waals surface area contributed by atoms with Crippen LogP contribution in [0.3, 0.4) is 0 Å². The van der Waals surface area contributed by atoms with E-state index in [0.29, 0.717) is 19.5 Å². The van der Waals surface area contributed by atoms with Crippen LogP contribution in [0.25, 0.3) is 0 Å². The van der Waals surface area contributed by atoms with Gasteiger partial charge in [-0.25, -0.2) is 0 Å². The van der Waals surface area contributed by atoms with Gasteiger partial charge in [0, 0.05) is 25.9 Å². The molecule has 0 radical (unpaired) electrons. The molecule has 1 saturated heterocycles. The average Bonchev–Trinajstić information content (AvgIpc) is 2.93. The molecule has 6 heteroatoms. The van der Waals surface area contributed by atoms with Crippen LogP contribution in [0.1, 0.15) is 57.4 Å². The third-order valence-electron chi connectivity index (χ3n) is 7.04. The minimum Gasteiger partial charge on any atom is -0.391 e. The Morgan fingerprint density at radius 1 is 1.13 bits per heavy atom. The van der Waals surface area contributed by atoms with Crippen molar-refractivity contribution in [3.63, 3.8) is 0 Å². The fourth-order valence-corrected chi connectivity index (χ4v) is 5.07. The zero-order valence-electron chi connectivity index (χ0n) is 18.5. The molecule has 1 aliphatic carbocycles. The van der Waals surface area contributed by atoms with Gasteiger partial charge in [-0.15, -0.1) is 0 Å². The van der Waals surface area contributed by atoms with Crippen LogP contribution in [-0.2, 0) is 15.0 Å². The van der Waals surface area contributed by atoms with Gasteiger partial charge in [0.05, 0.1) is 18.7 Å². The van der Waals surface area contributed by atoms with Crippen molar-refractivity contribution in [2.24, 2.45) is 0 Å². The monoisotopic (exact) mass is 415 g/mol.